The van der Waals surface area contributed by atoms with Crippen molar-refractivity contribution in [3.8, 4) is 0 Å². The van der Waals surface area contributed by atoms with E-state index in [0.29, 0.717) is 12.5 Å². The fourth-order valence-electron chi connectivity index (χ4n) is 2.06. The van der Waals surface area contributed by atoms with Gasteiger partial charge >= 0.3 is 0 Å². The largest absolute Gasteiger partial charge is 0.384 e. The molecule has 1 heterocycles. The molecule has 0 spiro atoms. The van der Waals surface area contributed by atoms with Gasteiger partial charge in [0.1, 0.15) is 11.7 Å². The summed E-state index contributed by atoms with van der Waals surface area (Å²) in [5, 5.41) is 7.60. The molecular formula is C14H18N4. The van der Waals surface area contributed by atoms with Crippen molar-refractivity contribution in [2.24, 2.45) is 5.73 Å². The first-order chi connectivity index (χ1) is 8.59. The first-order valence-corrected chi connectivity index (χ1v) is 6.03. The molecular weight excluding hydrogens is 224 g/mol. The molecule has 0 aliphatic carbocycles. The molecule has 94 valence electrons. The number of benzene rings is 1. The minimum Gasteiger partial charge on any atom is -0.384 e. The van der Waals surface area contributed by atoms with E-state index in [-0.39, 0.29) is 5.84 Å². The average molecular weight is 242 g/mol. The molecule has 1 aromatic heterocycles. The van der Waals surface area contributed by atoms with Crippen molar-refractivity contribution in [3.05, 3.63) is 53.6 Å². The molecule has 0 atom stereocenters. The Kier molecular flexibility index (Phi) is 3.46. The molecule has 2 aromatic rings. The molecule has 4 nitrogen and oxygen atoms in total. The summed E-state index contributed by atoms with van der Waals surface area (Å²) >= 11 is 0. The number of aromatic nitrogens is 2. The topological polar surface area (TPSA) is 67.7 Å². The summed E-state index contributed by atoms with van der Waals surface area (Å²) in [5.74, 6) is 1.54. The van der Waals surface area contributed by atoms with Gasteiger partial charge in [0.05, 0.1) is 0 Å². The molecule has 0 radical (unpaired) electrons. The van der Waals surface area contributed by atoms with Crippen molar-refractivity contribution >= 4 is 5.84 Å². The zero-order valence-corrected chi connectivity index (χ0v) is 10.7. The van der Waals surface area contributed by atoms with Crippen molar-refractivity contribution < 1.29 is 0 Å². The Hall–Kier alpha value is -2.10. The van der Waals surface area contributed by atoms with Gasteiger partial charge in [-0.2, -0.15) is 0 Å². The number of rotatable bonds is 4. The Morgan fingerprint density at radius 2 is 2.11 bits per heavy atom. The second-order valence-electron chi connectivity index (χ2n) is 4.64. The van der Waals surface area contributed by atoms with E-state index in [0.717, 1.165) is 17.0 Å². The summed E-state index contributed by atoms with van der Waals surface area (Å²) in [6, 6.07) is 7.75. The van der Waals surface area contributed by atoms with Crippen LogP contribution in [0.15, 0.2) is 36.7 Å². The van der Waals surface area contributed by atoms with E-state index in [1.165, 1.54) is 0 Å². The lowest BCUT2D eigenvalue weighted by atomic mass is 10.1. The van der Waals surface area contributed by atoms with Gasteiger partial charge in [0, 0.05) is 30.4 Å². The van der Waals surface area contributed by atoms with E-state index in [2.05, 4.69) is 23.4 Å². The second kappa shape index (κ2) is 5.04. The molecule has 0 aliphatic rings. The first kappa shape index (κ1) is 12.4. The fourth-order valence-corrected chi connectivity index (χ4v) is 2.06. The number of hydrogen-bond acceptors (Lipinski definition) is 2. The molecule has 0 amide bonds. The molecule has 0 aliphatic heterocycles. The third kappa shape index (κ3) is 2.42. The maximum Gasteiger partial charge on any atom is 0.123 e. The van der Waals surface area contributed by atoms with Crippen LogP contribution in [0.5, 0.6) is 0 Å². The molecule has 0 unspecified atom stereocenters. The molecule has 0 fully saturated rings. The summed E-state index contributed by atoms with van der Waals surface area (Å²) in [6.45, 7) is 4.94. The van der Waals surface area contributed by atoms with Crippen molar-refractivity contribution in [2.75, 3.05) is 0 Å². The van der Waals surface area contributed by atoms with Gasteiger partial charge in [-0.3, -0.25) is 5.41 Å². The van der Waals surface area contributed by atoms with E-state index in [9.17, 15) is 0 Å². The van der Waals surface area contributed by atoms with E-state index in [4.69, 9.17) is 11.1 Å². The summed E-state index contributed by atoms with van der Waals surface area (Å²) in [5.41, 5.74) is 7.44. The van der Waals surface area contributed by atoms with Gasteiger partial charge in [-0.1, -0.05) is 38.1 Å². The monoisotopic (exact) mass is 242 g/mol. The highest BCUT2D eigenvalue weighted by Crippen LogP contribution is 2.16. The number of nitrogens with one attached hydrogen (secondary N) is 1. The van der Waals surface area contributed by atoms with Crippen molar-refractivity contribution in [1.82, 2.24) is 9.55 Å². The zero-order valence-electron chi connectivity index (χ0n) is 10.7. The van der Waals surface area contributed by atoms with Crippen molar-refractivity contribution in [2.45, 2.75) is 26.3 Å². The number of nitrogens with zero attached hydrogens (tertiary/aromatic N) is 2. The Bertz CT molecular complexity index is 554. The van der Waals surface area contributed by atoms with Crippen molar-refractivity contribution in [1.29, 1.82) is 5.41 Å². The van der Waals surface area contributed by atoms with Crippen LogP contribution in [-0.4, -0.2) is 15.4 Å². The SMILES string of the molecule is CC(C)c1nccn1Cc1ccccc1C(=N)N. The van der Waals surface area contributed by atoms with Gasteiger partial charge in [-0.05, 0) is 5.56 Å². The van der Waals surface area contributed by atoms with E-state index in [1.807, 2.05) is 36.7 Å². The van der Waals surface area contributed by atoms with Crippen molar-refractivity contribution in [3.63, 3.8) is 0 Å². The highest BCUT2D eigenvalue weighted by atomic mass is 15.1. The van der Waals surface area contributed by atoms with Crippen LogP contribution in [-0.2, 0) is 6.54 Å². The summed E-state index contributed by atoms with van der Waals surface area (Å²) < 4.78 is 2.10. The molecule has 1 aromatic carbocycles. The Balaban J connectivity index is 2.34. The Morgan fingerprint density at radius 1 is 1.39 bits per heavy atom. The van der Waals surface area contributed by atoms with Crippen LogP contribution >= 0.6 is 0 Å². The molecule has 4 heteroatoms. The number of hydrogen-bond donors (Lipinski definition) is 2. The quantitative estimate of drug-likeness (QED) is 0.638. The van der Waals surface area contributed by atoms with Gasteiger partial charge in [0.25, 0.3) is 0 Å². The second-order valence-corrected chi connectivity index (χ2v) is 4.64. The summed E-state index contributed by atoms with van der Waals surface area (Å²) in [7, 11) is 0. The van der Waals surface area contributed by atoms with Crippen LogP contribution in [0.25, 0.3) is 0 Å². The average Bonchev–Trinajstić information content (AvgIpc) is 2.77. The smallest absolute Gasteiger partial charge is 0.123 e. The van der Waals surface area contributed by atoms with Gasteiger partial charge in [0.15, 0.2) is 0 Å². The van der Waals surface area contributed by atoms with Gasteiger partial charge in [-0.15, -0.1) is 0 Å². The van der Waals surface area contributed by atoms with Crippen LogP contribution in [0.2, 0.25) is 0 Å². The first-order valence-electron chi connectivity index (χ1n) is 6.03. The summed E-state index contributed by atoms with van der Waals surface area (Å²) in [4.78, 5) is 4.36. The van der Waals surface area contributed by atoms with Crippen LogP contribution in [0, 0.1) is 5.41 Å². The zero-order chi connectivity index (χ0) is 13.1. The third-order valence-corrected chi connectivity index (χ3v) is 2.91. The number of nitrogen functional groups attached to an aromatic ring is 1. The lowest BCUT2D eigenvalue weighted by Crippen LogP contribution is -2.16. The molecule has 3 N–H and O–H groups in total. The number of amidine groups is 1. The lowest BCUT2D eigenvalue weighted by molar-refractivity contribution is 0.669. The van der Waals surface area contributed by atoms with E-state index >= 15 is 0 Å². The maximum atomic E-state index is 7.60. The fraction of sp³-hybridized carbons (Fsp3) is 0.286. The third-order valence-electron chi connectivity index (χ3n) is 2.91. The normalized spacial score (nSPS) is 10.8. The molecule has 0 saturated heterocycles. The van der Waals surface area contributed by atoms with Gasteiger partial charge in [0.2, 0.25) is 0 Å². The highest BCUT2D eigenvalue weighted by molar-refractivity contribution is 5.96. The minimum absolute atomic E-state index is 0.108. The Morgan fingerprint density at radius 3 is 2.78 bits per heavy atom. The molecule has 18 heavy (non-hydrogen) atoms. The predicted molar refractivity (Wildman–Crippen MR) is 72.9 cm³/mol. The van der Waals surface area contributed by atoms with E-state index < -0.39 is 0 Å². The lowest BCUT2D eigenvalue weighted by Gasteiger charge is -2.13. The standard InChI is InChI=1S/C14H18N4/c1-10(2)14-17-7-8-18(14)9-11-5-3-4-6-12(11)13(15)16/h3-8,10H,9H2,1-2H3,(H3,15,16). The Labute approximate surface area is 107 Å². The predicted octanol–water partition coefficient (Wildman–Crippen LogP) is 2.34. The highest BCUT2D eigenvalue weighted by Gasteiger charge is 2.10. The number of nitrogens with two attached hydrogens (primary N) is 1. The van der Waals surface area contributed by atoms with Crippen LogP contribution < -0.4 is 5.73 Å². The molecule has 0 bridgehead atoms. The van der Waals surface area contributed by atoms with Gasteiger partial charge < -0.3 is 10.3 Å². The van der Waals surface area contributed by atoms with E-state index in [1.54, 1.807) is 0 Å². The maximum absolute atomic E-state index is 7.60. The van der Waals surface area contributed by atoms with Crippen LogP contribution in [0.1, 0.15) is 36.7 Å². The summed E-state index contributed by atoms with van der Waals surface area (Å²) in [6.07, 6.45) is 3.78. The minimum atomic E-state index is 0.108. The molecule has 0 saturated carbocycles. The number of imidazole rings is 1. The van der Waals surface area contributed by atoms with Gasteiger partial charge in [-0.25, -0.2) is 4.98 Å². The van der Waals surface area contributed by atoms with Crippen LogP contribution in [0.3, 0.4) is 0 Å². The van der Waals surface area contributed by atoms with Crippen LogP contribution in [0.4, 0.5) is 0 Å². The molecule has 2 rings (SSSR count).